The molecule has 0 aromatic carbocycles. The van der Waals surface area contributed by atoms with Crippen LogP contribution in [0, 0.1) is 0 Å². The van der Waals surface area contributed by atoms with E-state index in [0.29, 0.717) is 9.04 Å². The summed E-state index contributed by atoms with van der Waals surface area (Å²) < 4.78 is 0. The summed E-state index contributed by atoms with van der Waals surface area (Å²) in [6.07, 6.45) is 0. The first-order valence-electron chi connectivity index (χ1n) is 2.56. The summed E-state index contributed by atoms with van der Waals surface area (Å²) in [5.41, 5.74) is 0. The zero-order valence-electron chi connectivity index (χ0n) is 5.21. The molecule has 0 aliphatic carbocycles. The molecule has 0 aromatic heterocycles. The summed E-state index contributed by atoms with van der Waals surface area (Å²) >= 11 is 0. The summed E-state index contributed by atoms with van der Waals surface area (Å²) in [6.45, 7) is 9.74. The molecule has 6 heavy (non-hydrogen) atoms. The van der Waals surface area contributed by atoms with Crippen LogP contribution in [0.4, 0.5) is 0 Å². The lowest BCUT2D eigenvalue weighted by Gasteiger charge is -2.08. The largest absolute Gasteiger partial charge is 0.0766 e. The van der Waals surface area contributed by atoms with E-state index in [1.165, 1.54) is 0 Å². The van der Waals surface area contributed by atoms with Crippen molar-refractivity contribution in [2.75, 3.05) is 0 Å². The quantitative estimate of drug-likeness (QED) is 0.451. The van der Waals surface area contributed by atoms with E-state index in [1.54, 1.807) is 0 Å². The summed E-state index contributed by atoms with van der Waals surface area (Å²) in [6, 6.07) is 0. The second-order valence-electron chi connectivity index (χ2n) is 2.91. The predicted octanol–water partition coefficient (Wildman–Crippen LogP) is 1.04. The third kappa shape index (κ3) is 4.43. The first kappa shape index (κ1) is 6.43. The van der Waals surface area contributed by atoms with Crippen molar-refractivity contribution in [3.8, 4) is 0 Å². The van der Waals surface area contributed by atoms with Crippen LogP contribution in [0.5, 0.6) is 0 Å². The molecule has 0 unspecified atom stereocenters. The van der Waals surface area contributed by atoms with E-state index < -0.39 is 7.59 Å². The maximum atomic E-state index is 2.44. The molecule has 0 N–H and O–H groups in total. The Hall–Kier alpha value is 0.434. The number of hydrogen-bond acceptors (Lipinski definition) is 0. The highest BCUT2D eigenvalue weighted by molar-refractivity contribution is 7.22. The van der Waals surface area contributed by atoms with Crippen LogP contribution >= 0.6 is 0 Å². The zero-order chi connectivity index (χ0) is 5.21. The van der Waals surface area contributed by atoms with E-state index >= 15 is 0 Å². The highest BCUT2D eigenvalue weighted by Crippen LogP contribution is 1.94. The molecule has 0 aliphatic rings. The minimum atomic E-state index is -0.492. The number of hydrogen-bond donors (Lipinski definition) is 0. The molecule has 0 rings (SSSR count). The summed E-state index contributed by atoms with van der Waals surface area (Å²) in [7, 11) is -0.101. The van der Waals surface area contributed by atoms with Crippen LogP contribution in [0.15, 0.2) is 0 Å². The Morgan fingerprint density at radius 3 is 1.33 bits per heavy atom. The van der Waals surface area contributed by atoms with Crippen molar-refractivity contribution in [2.24, 2.45) is 0 Å². The Bertz CT molecular complexity index is 35.3. The Kier molecular flexibility index (Phi) is 2.07. The standard InChI is InChI=1S/C4H14Si2/c1-5-6(2,3)4/h5H2,1-4H3. The van der Waals surface area contributed by atoms with Gasteiger partial charge in [-0.25, -0.2) is 0 Å². The van der Waals surface area contributed by atoms with Gasteiger partial charge in [0.05, 0.1) is 0 Å². The lowest BCUT2D eigenvalue weighted by molar-refractivity contribution is 1.85. The minimum Gasteiger partial charge on any atom is -0.0766 e. The van der Waals surface area contributed by atoms with Gasteiger partial charge < -0.3 is 0 Å². The second kappa shape index (κ2) is 1.93. The van der Waals surface area contributed by atoms with Crippen molar-refractivity contribution >= 4 is 16.6 Å². The van der Waals surface area contributed by atoms with Gasteiger partial charge >= 0.3 is 0 Å². The molecule has 0 amide bonds. The Labute approximate surface area is 43.6 Å². The fourth-order valence-corrected chi connectivity index (χ4v) is 0. The van der Waals surface area contributed by atoms with Crippen molar-refractivity contribution in [1.82, 2.24) is 0 Å². The molecule has 2 heteroatoms. The van der Waals surface area contributed by atoms with Crippen LogP contribution < -0.4 is 0 Å². The van der Waals surface area contributed by atoms with Gasteiger partial charge in [-0.15, -0.1) is 0 Å². The molecule has 0 nitrogen and oxygen atoms in total. The Morgan fingerprint density at radius 2 is 1.33 bits per heavy atom. The van der Waals surface area contributed by atoms with Crippen LogP contribution in [0.25, 0.3) is 0 Å². The van der Waals surface area contributed by atoms with Crippen LogP contribution in [0.3, 0.4) is 0 Å². The molecule has 0 saturated carbocycles. The van der Waals surface area contributed by atoms with E-state index in [1.807, 2.05) is 0 Å². The van der Waals surface area contributed by atoms with Crippen LogP contribution in [0.2, 0.25) is 26.2 Å². The van der Waals surface area contributed by atoms with E-state index in [4.69, 9.17) is 0 Å². The Balaban J connectivity index is 3.17. The lowest BCUT2D eigenvalue weighted by atomic mass is 11.8. The minimum absolute atomic E-state index is 0.391. The average Bonchev–Trinajstić information content (AvgIpc) is 1.35. The van der Waals surface area contributed by atoms with E-state index in [-0.39, 0.29) is 0 Å². The van der Waals surface area contributed by atoms with Gasteiger partial charge in [0.25, 0.3) is 0 Å². The first-order chi connectivity index (χ1) is 2.56. The third-order valence-corrected chi connectivity index (χ3v) is 9.55. The third-order valence-electron chi connectivity index (χ3n) is 1.06. The summed E-state index contributed by atoms with van der Waals surface area (Å²) in [4.78, 5) is 0. The van der Waals surface area contributed by atoms with Gasteiger partial charge in [-0.2, -0.15) is 0 Å². The second-order valence-corrected chi connectivity index (χ2v) is 17.2. The molecule has 0 bridgehead atoms. The Morgan fingerprint density at radius 1 is 1.17 bits per heavy atom. The van der Waals surface area contributed by atoms with Crippen molar-refractivity contribution in [3.63, 3.8) is 0 Å². The van der Waals surface area contributed by atoms with Crippen LogP contribution in [-0.2, 0) is 0 Å². The van der Waals surface area contributed by atoms with Crippen LogP contribution in [0.1, 0.15) is 0 Å². The van der Waals surface area contributed by atoms with Gasteiger partial charge in [-0.3, -0.25) is 0 Å². The molecular weight excluding hydrogens is 104 g/mol. The van der Waals surface area contributed by atoms with Crippen molar-refractivity contribution in [1.29, 1.82) is 0 Å². The molecule has 38 valence electrons. The molecule has 0 aliphatic heterocycles. The van der Waals surface area contributed by atoms with E-state index in [9.17, 15) is 0 Å². The normalized spacial score (nSPS) is 14.0. The predicted molar refractivity (Wildman–Crippen MR) is 37.8 cm³/mol. The van der Waals surface area contributed by atoms with Gasteiger partial charge in [-0.05, 0) is 0 Å². The molecule has 0 atom stereocenters. The summed E-state index contributed by atoms with van der Waals surface area (Å²) in [5.74, 6) is 0. The average molecular weight is 118 g/mol. The van der Waals surface area contributed by atoms with Crippen molar-refractivity contribution in [3.05, 3.63) is 0 Å². The monoisotopic (exact) mass is 118 g/mol. The van der Waals surface area contributed by atoms with Gasteiger partial charge in [0.1, 0.15) is 0 Å². The molecule has 0 radical (unpaired) electrons. The molecule has 0 heterocycles. The number of rotatable bonds is 1. The molecule has 0 spiro atoms. The van der Waals surface area contributed by atoms with Crippen LogP contribution in [-0.4, -0.2) is 16.6 Å². The van der Waals surface area contributed by atoms with Gasteiger partial charge in [0.2, 0.25) is 0 Å². The van der Waals surface area contributed by atoms with E-state index in [2.05, 4.69) is 26.2 Å². The zero-order valence-corrected chi connectivity index (χ0v) is 7.62. The van der Waals surface area contributed by atoms with Crippen molar-refractivity contribution in [2.45, 2.75) is 26.2 Å². The first-order valence-corrected chi connectivity index (χ1v) is 9.80. The van der Waals surface area contributed by atoms with E-state index in [0.717, 1.165) is 0 Å². The molecular formula is C4H14Si2. The van der Waals surface area contributed by atoms with Gasteiger partial charge in [-0.1, -0.05) is 26.2 Å². The topological polar surface area (TPSA) is 0 Å². The van der Waals surface area contributed by atoms with Gasteiger partial charge in [0, 0.05) is 16.6 Å². The molecule has 0 saturated heterocycles. The SMILES string of the molecule is C[SiH2][Si](C)(C)C. The van der Waals surface area contributed by atoms with Gasteiger partial charge in [0.15, 0.2) is 0 Å². The molecule has 0 fully saturated rings. The van der Waals surface area contributed by atoms with Crippen molar-refractivity contribution < 1.29 is 0 Å². The lowest BCUT2D eigenvalue weighted by Crippen LogP contribution is -2.26. The summed E-state index contributed by atoms with van der Waals surface area (Å²) in [5, 5.41) is 0. The molecule has 0 aromatic rings. The fourth-order valence-electron chi connectivity index (χ4n) is 0. The fraction of sp³-hybridized carbons (Fsp3) is 1.00. The maximum Gasteiger partial charge on any atom is 0.0307 e. The maximum absolute atomic E-state index is 2.44. The smallest absolute Gasteiger partial charge is 0.0307 e. The highest BCUT2D eigenvalue weighted by atomic mass is 29.2. The highest BCUT2D eigenvalue weighted by Gasteiger charge is 2.07.